The van der Waals surface area contributed by atoms with Crippen LogP contribution in [0.5, 0.6) is 5.75 Å². The van der Waals surface area contributed by atoms with Crippen LogP contribution in [0.15, 0.2) is 53.3 Å². The molecule has 0 bridgehead atoms. The van der Waals surface area contributed by atoms with Crippen molar-refractivity contribution in [1.82, 2.24) is 29.9 Å². The Kier molecular flexibility index (Phi) is 2.95. The topological polar surface area (TPSA) is 112 Å². The molecule has 0 amide bonds. The molecule has 8 nitrogen and oxygen atoms in total. The molecule has 140 valence electrons. The lowest BCUT2D eigenvalue weighted by Crippen LogP contribution is -2.19. The lowest BCUT2D eigenvalue weighted by molar-refractivity contribution is 0.481. The van der Waals surface area contributed by atoms with Crippen molar-refractivity contribution in [3.8, 4) is 17.0 Å². The second-order valence-electron chi connectivity index (χ2n) is 6.98. The van der Waals surface area contributed by atoms with Gasteiger partial charge in [0.2, 0.25) is 0 Å². The van der Waals surface area contributed by atoms with Crippen molar-refractivity contribution in [2.24, 2.45) is 7.05 Å². The molecule has 0 aliphatic carbocycles. The van der Waals surface area contributed by atoms with Crippen molar-refractivity contribution in [2.75, 3.05) is 0 Å². The maximum atomic E-state index is 13.2. The Morgan fingerprint density at radius 1 is 0.931 bits per heavy atom. The highest BCUT2D eigenvalue weighted by molar-refractivity contribution is 6.21. The molecular formula is C21H14N6O2. The fraction of sp³-hybridized carbons (Fsp3) is 0.0476. The Labute approximate surface area is 162 Å². The summed E-state index contributed by atoms with van der Waals surface area (Å²) in [5.74, 6) is -0.0744. The van der Waals surface area contributed by atoms with Gasteiger partial charge in [0.1, 0.15) is 11.3 Å². The average Bonchev–Trinajstić information content (AvgIpc) is 3.33. The fourth-order valence-electron chi connectivity index (χ4n) is 4.06. The summed E-state index contributed by atoms with van der Waals surface area (Å²) >= 11 is 0. The zero-order chi connectivity index (χ0) is 19.7. The molecule has 6 aromatic rings. The largest absolute Gasteiger partial charge is 0.506 e. The SMILES string of the molecule is Cn1c(=O)c(-c2[nH][nH]c3nnc4nc5ccccc5c4c23)c(O)c2ccccc21. The third kappa shape index (κ3) is 1.97. The zero-order valence-corrected chi connectivity index (χ0v) is 15.3. The summed E-state index contributed by atoms with van der Waals surface area (Å²) in [4.78, 5) is 17.7. The fourth-order valence-corrected chi connectivity index (χ4v) is 4.06. The molecule has 0 aliphatic heterocycles. The van der Waals surface area contributed by atoms with Gasteiger partial charge in [0.05, 0.1) is 22.1 Å². The number of nitrogens with one attached hydrogen (secondary N) is 2. The van der Waals surface area contributed by atoms with Crippen LogP contribution in [0.1, 0.15) is 0 Å². The number of pyridine rings is 1. The molecule has 0 saturated carbocycles. The summed E-state index contributed by atoms with van der Waals surface area (Å²) in [5.41, 5.74) is 2.76. The summed E-state index contributed by atoms with van der Waals surface area (Å²) < 4.78 is 1.53. The monoisotopic (exact) mass is 382 g/mol. The van der Waals surface area contributed by atoms with Crippen LogP contribution >= 0.6 is 0 Å². The van der Waals surface area contributed by atoms with Crippen molar-refractivity contribution >= 4 is 43.9 Å². The Hall–Kier alpha value is -4.20. The number of benzene rings is 2. The first-order chi connectivity index (χ1) is 14.1. The average molecular weight is 382 g/mol. The summed E-state index contributed by atoms with van der Waals surface area (Å²) in [6, 6.07) is 15.0. The molecule has 0 atom stereocenters. The van der Waals surface area contributed by atoms with E-state index >= 15 is 0 Å². The van der Waals surface area contributed by atoms with Crippen LogP contribution in [-0.2, 0) is 7.05 Å². The summed E-state index contributed by atoms with van der Waals surface area (Å²) in [6.45, 7) is 0. The quantitative estimate of drug-likeness (QED) is 0.404. The summed E-state index contributed by atoms with van der Waals surface area (Å²) in [6.07, 6.45) is 0. The minimum Gasteiger partial charge on any atom is -0.506 e. The number of hydrogen-bond donors (Lipinski definition) is 3. The van der Waals surface area contributed by atoms with Crippen LogP contribution in [0.2, 0.25) is 0 Å². The molecule has 0 radical (unpaired) electrons. The predicted molar refractivity (Wildman–Crippen MR) is 111 cm³/mol. The number of para-hydroxylation sites is 2. The predicted octanol–water partition coefficient (Wildman–Crippen LogP) is 3.21. The molecule has 0 spiro atoms. The minimum absolute atomic E-state index is 0.0744. The maximum absolute atomic E-state index is 13.2. The van der Waals surface area contributed by atoms with Crippen molar-refractivity contribution in [3.63, 3.8) is 0 Å². The van der Waals surface area contributed by atoms with E-state index in [0.29, 0.717) is 33.3 Å². The van der Waals surface area contributed by atoms with E-state index in [1.165, 1.54) is 4.57 Å². The maximum Gasteiger partial charge on any atom is 0.264 e. The first-order valence-corrected chi connectivity index (χ1v) is 9.07. The number of nitrogens with zero attached hydrogens (tertiary/aromatic N) is 4. The first kappa shape index (κ1) is 15.8. The second kappa shape index (κ2) is 5.41. The molecule has 3 N–H and O–H groups in total. The standard InChI is InChI=1S/C21H14N6O2/c1-27-13-9-5-3-7-11(13)18(28)16(21(27)29)17-15-14-10-6-2-4-8-12(10)22-19(14)24-26-20(15)25-23-17/h2-9,28H,1H3,(H2,23,25,26). The number of hydrogen-bond acceptors (Lipinski definition) is 5. The van der Waals surface area contributed by atoms with Crippen LogP contribution in [0.4, 0.5) is 0 Å². The molecular weight excluding hydrogens is 368 g/mol. The molecule has 4 aromatic heterocycles. The second-order valence-corrected chi connectivity index (χ2v) is 6.98. The lowest BCUT2D eigenvalue weighted by atomic mass is 10.0. The van der Waals surface area contributed by atoms with Gasteiger partial charge in [0, 0.05) is 23.2 Å². The van der Waals surface area contributed by atoms with Gasteiger partial charge >= 0.3 is 0 Å². The Morgan fingerprint density at radius 3 is 2.55 bits per heavy atom. The van der Waals surface area contributed by atoms with Crippen molar-refractivity contribution in [2.45, 2.75) is 0 Å². The van der Waals surface area contributed by atoms with Gasteiger partial charge in [-0.3, -0.25) is 15.0 Å². The normalized spacial score (nSPS) is 11.9. The number of aromatic nitrogens is 6. The number of H-pyrrole nitrogens is 2. The highest BCUT2D eigenvalue weighted by Gasteiger charge is 2.23. The molecule has 0 saturated heterocycles. The number of fused-ring (bicyclic) bond motifs is 6. The van der Waals surface area contributed by atoms with Gasteiger partial charge in [-0.2, -0.15) is 0 Å². The van der Waals surface area contributed by atoms with E-state index in [-0.39, 0.29) is 16.9 Å². The number of aromatic amines is 2. The molecule has 8 heteroatoms. The van der Waals surface area contributed by atoms with Crippen molar-refractivity contribution < 1.29 is 5.11 Å². The Morgan fingerprint density at radius 2 is 1.69 bits per heavy atom. The van der Waals surface area contributed by atoms with Gasteiger partial charge < -0.3 is 9.67 Å². The molecule has 0 aliphatic rings. The van der Waals surface area contributed by atoms with Crippen LogP contribution in [0.3, 0.4) is 0 Å². The van der Waals surface area contributed by atoms with E-state index in [1.807, 2.05) is 36.4 Å². The summed E-state index contributed by atoms with van der Waals surface area (Å²) in [5, 5.41) is 28.4. The van der Waals surface area contributed by atoms with Gasteiger partial charge in [-0.05, 0) is 18.2 Å². The molecule has 6 rings (SSSR count). The highest BCUT2D eigenvalue weighted by atomic mass is 16.3. The number of aryl methyl sites for hydroxylation is 1. The smallest absolute Gasteiger partial charge is 0.264 e. The van der Waals surface area contributed by atoms with E-state index in [9.17, 15) is 9.90 Å². The zero-order valence-electron chi connectivity index (χ0n) is 15.3. The molecule has 0 unspecified atom stereocenters. The summed E-state index contributed by atoms with van der Waals surface area (Å²) in [7, 11) is 1.69. The van der Waals surface area contributed by atoms with E-state index < -0.39 is 0 Å². The number of aromatic hydroxyl groups is 1. The van der Waals surface area contributed by atoms with E-state index in [2.05, 4.69) is 25.4 Å². The van der Waals surface area contributed by atoms with Crippen molar-refractivity contribution in [1.29, 1.82) is 0 Å². The van der Waals surface area contributed by atoms with Crippen molar-refractivity contribution in [3.05, 3.63) is 58.9 Å². The van der Waals surface area contributed by atoms with E-state index in [4.69, 9.17) is 0 Å². The minimum atomic E-state index is -0.313. The van der Waals surface area contributed by atoms with Gasteiger partial charge in [0.25, 0.3) is 5.56 Å². The first-order valence-electron chi connectivity index (χ1n) is 9.07. The van der Waals surface area contributed by atoms with Crippen LogP contribution in [0, 0.1) is 0 Å². The lowest BCUT2D eigenvalue weighted by Gasteiger charge is -2.11. The van der Waals surface area contributed by atoms with Gasteiger partial charge in [0.15, 0.2) is 11.3 Å². The van der Waals surface area contributed by atoms with Crippen LogP contribution in [-0.4, -0.2) is 35.1 Å². The molecule has 29 heavy (non-hydrogen) atoms. The van der Waals surface area contributed by atoms with E-state index in [1.54, 1.807) is 19.2 Å². The van der Waals surface area contributed by atoms with E-state index in [0.717, 1.165) is 16.3 Å². The molecule has 4 heterocycles. The van der Waals surface area contributed by atoms with Gasteiger partial charge in [-0.1, -0.05) is 30.3 Å². The molecule has 0 fully saturated rings. The molecule has 2 aromatic carbocycles. The van der Waals surface area contributed by atoms with Crippen LogP contribution in [0.25, 0.3) is 55.1 Å². The third-order valence-electron chi connectivity index (χ3n) is 5.44. The van der Waals surface area contributed by atoms with Crippen LogP contribution < -0.4 is 5.56 Å². The van der Waals surface area contributed by atoms with Gasteiger partial charge in [-0.25, -0.2) is 4.98 Å². The Balaban J connectivity index is 1.84. The van der Waals surface area contributed by atoms with Gasteiger partial charge in [-0.15, -0.1) is 10.2 Å². The highest BCUT2D eigenvalue weighted by Crippen LogP contribution is 2.38. The third-order valence-corrected chi connectivity index (χ3v) is 5.44. The Bertz CT molecular complexity index is 1660. The number of rotatable bonds is 1.